The maximum absolute atomic E-state index is 4.25. The van der Waals surface area contributed by atoms with E-state index < -0.39 is 0 Å². The summed E-state index contributed by atoms with van der Waals surface area (Å²) in [5.41, 5.74) is 1.33. The summed E-state index contributed by atoms with van der Waals surface area (Å²) in [5, 5.41) is 4.25. The zero-order valence-corrected chi connectivity index (χ0v) is 6.76. The SMILES string of the molecule is CC(C)(C)C1=C[CH-]C=C[N-]1. The van der Waals surface area contributed by atoms with Gasteiger partial charge in [-0.15, -0.1) is 0 Å². The van der Waals surface area contributed by atoms with Gasteiger partial charge in [-0.05, 0) is 0 Å². The summed E-state index contributed by atoms with van der Waals surface area (Å²) in [4.78, 5) is 0. The van der Waals surface area contributed by atoms with Gasteiger partial charge >= 0.3 is 0 Å². The first-order chi connectivity index (χ1) is 4.61. The normalized spacial score (nSPS) is 17.3. The van der Waals surface area contributed by atoms with Crippen LogP contribution in [0.25, 0.3) is 5.32 Å². The summed E-state index contributed by atoms with van der Waals surface area (Å²) in [5.74, 6) is 0. The predicted octanol–water partition coefficient (Wildman–Crippen LogP) is 3.02. The van der Waals surface area contributed by atoms with E-state index in [2.05, 4.69) is 32.2 Å². The zero-order chi connectivity index (χ0) is 7.61. The molecule has 0 amide bonds. The minimum atomic E-state index is 0.182. The highest BCUT2D eigenvalue weighted by Gasteiger charge is 2.02. The molecule has 1 heterocycles. The standard InChI is InChI=1S/C9H13N/c1-9(2,3)8-6-4-5-7-10-8/h4-7H,1-3H3/q-2. The third-order valence-corrected chi connectivity index (χ3v) is 1.43. The van der Waals surface area contributed by atoms with E-state index in [-0.39, 0.29) is 5.41 Å². The van der Waals surface area contributed by atoms with Gasteiger partial charge in [0.15, 0.2) is 0 Å². The minimum Gasteiger partial charge on any atom is -0.782 e. The lowest BCUT2D eigenvalue weighted by Crippen LogP contribution is -2.08. The molecule has 1 nitrogen and oxygen atoms in total. The Hall–Kier alpha value is -0.850. The van der Waals surface area contributed by atoms with Gasteiger partial charge in [-0.2, -0.15) is 18.6 Å². The van der Waals surface area contributed by atoms with E-state index in [1.54, 1.807) is 0 Å². The summed E-state index contributed by atoms with van der Waals surface area (Å²) in [6.45, 7) is 6.49. The Morgan fingerprint density at radius 1 is 1.40 bits per heavy atom. The monoisotopic (exact) mass is 135 g/mol. The minimum absolute atomic E-state index is 0.182. The molecule has 0 spiro atoms. The fourth-order valence-electron chi connectivity index (χ4n) is 0.806. The van der Waals surface area contributed by atoms with Crippen molar-refractivity contribution in [3.63, 3.8) is 0 Å². The van der Waals surface area contributed by atoms with E-state index in [4.69, 9.17) is 0 Å². The molecular weight excluding hydrogens is 122 g/mol. The van der Waals surface area contributed by atoms with Crippen LogP contribution in [0.5, 0.6) is 0 Å². The van der Waals surface area contributed by atoms with Crippen molar-refractivity contribution in [1.82, 2.24) is 0 Å². The van der Waals surface area contributed by atoms with Gasteiger partial charge in [0.2, 0.25) is 0 Å². The van der Waals surface area contributed by atoms with Crippen molar-refractivity contribution in [1.29, 1.82) is 0 Å². The highest BCUT2D eigenvalue weighted by molar-refractivity contribution is 5.37. The van der Waals surface area contributed by atoms with Crippen molar-refractivity contribution < 1.29 is 0 Å². The van der Waals surface area contributed by atoms with Crippen molar-refractivity contribution in [2.24, 2.45) is 5.41 Å². The molecule has 0 saturated heterocycles. The van der Waals surface area contributed by atoms with E-state index >= 15 is 0 Å². The molecule has 1 aliphatic heterocycles. The van der Waals surface area contributed by atoms with Crippen LogP contribution in [0.4, 0.5) is 0 Å². The Morgan fingerprint density at radius 3 is 2.40 bits per heavy atom. The van der Waals surface area contributed by atoms with Gasteiger partial charge in [0.1, 0.15) is 0 Å². The van der Waals surface area contributed by atoms with Crippen molar-refractivity contribution in [3.05, 3.63) is 35.8 Å². The number of hydrogen-bond acceptors (Lipinski definition) is 0. The van der Waals surface area contributed by atoms with E-state index in [0.29, 0.717) is 0 Å². The molecule has 0 aromatic heterocycles. The quantitative estimate of drug-likeness (QED) is 0.453. The number of allylic oxidation sites excluding steroid dienone is 3. The summed E-state index contributed by atoms with van der Waals surface area (Å²) in [7, 11) is 0. The Morgan fingerprint density at radius 2 is 2.10 bits per heavy atom. The van der Waals surface area contributed by atoms with Crippen LogP contribution in [-0.4, -0.2) is 0 Å². The smallest absolute Gasteiger partial charge is 0.0686 e. The maximum atomic E-state index is 4.25. The van der Waals surface area contributed by atoms with E-state index in [9.17, 15) is 0 Å². The molecule has 0 atom stereocenters. The van der Waals surface area contributed by atoms with Crippen LogP contribution in [0.1, 0.15) is 20.8 Å². The summed E-state index contributed by atoms with van der Waals surface area (Å²) in [6, 6.07) is 0. The molecule has 10 heavy (non-hydrogen) atoms. The second kappa shape index (κ2) is 2.41. The van der Waals surface area contributed by atoms with Crippen molar-refractivity contribution in [2.45, 2.75) is 20.8 Å². The molecule has 1 heteroatoms. The number of rotatable bonds is 0. The fourth-order valence-corrected chi connectivity index (χ4v) is 0.806. The molecule has 0 fully saturated rings. The Kier molecular flexibility index (Phi) is 1.75. The van der Waals surface area contributed by atoms with Gasteiger partial charge in [0.25, 0.3) is 0 Å². The van der Waals surface area contributed by atoms with Gasteiger partial charge in [-0.1, -0.05) is 26.2 Å². The molecule has 0 aromatic carbocycles. The van der Waals surface area contributed by atoms with Gasteiger partial charge in [-0.25, -0.2) is 0 Å². The largest absolute Gasteiger partial charge is 0.782 e. The van der Waals surface area contributed by atoms with Gasteiger partial charge in [-0.3, -0.25) is 11.9 Å². The van der Waals surface area contributed by atoms with E-state index in [0.717, 1.165) is 5.70 Å². The lowest BCUT2D eigenvalue weighted by Gasteiger charge is -2.44. The fraction of sp³-hybridized carbons (Fsp3) is 0.444. The van der Waals surface area contributed by atoms with Gasteiger partial charge in [0.05, 0.1) is 0 Å². The van der Waals surface area contributed by atoms with Crippen LogP contribution in [0.3, 0.4) is 0 Å². The molecule has 0 aromatic rings. The molecular formula is C9H13N-2. The Bertz CT molecular complexity index is 170. The highest BCUT2D eigenvalue weighted by Crippen LogP contribution is 2.31. The second-order valence-corrected chi connectivity index (χ2v) is 3.46. The molecule has 56 valence electrons. The van der Waals surface area contributed by atoms with Crippen LogP contribution in [0.2, 0.25) is 0 Å². The van der Waals surface area contributed by atoms with Gasteiger partial charge < -0.3 is 5.32 Å². The first kappa shape index (κ1) is 7.26. The molecule has 0 saturated carbocycles. The molecule has 0 N–H and O–H groups in total. The molecule has 0 aliphatic carbocycles. The average Bonchev–Trinajstić information content (AvgIpc) is 1.88. The number of nitrogens with zero attached hydrogens (tertiary/aromatic N) is 1. The predicted molar refractivity (Wildman–Crippen MR) is 44.3 cm³/mol. The second-order valence-electron chi connectivity index (χ2n) is 3.46. The topological polar surface area (TPSA) is 14.1 Å². The lowest BCUT2D eigenvalue weighted by molar-refractivity contribution is 0.512. The lowest BCUT2D eigenvalue weighted by atomic mass is 9.90. The molecule has 1 rings (SSSR count). The molecule has 0 unspecified atom stereocenters. The average molecular weight is 135 g/mol. The van der Waals surface area contributed by atoms with Crippen LogP contribution < -0.4 is 0 Å². The Labute approximate surface area is 62.8 Å². The van der Waals surface area contributed by atoms with E-state index in [1.807, 2.05) is 18.7 Å². The Balaban J connectivity index is 2.65. The van der Waals surface area contributed by atoms with E-state index in [1.165, 1.54) is 0 Å². The van der Waals surface area contributed by atoms with Crippen LogP contribution in [0.15, 0.2) is 24.0 Å². The third kappa shape index (κ3) is 1.56. The van der Waals surface area contributed by atoms with Gasteiger partial charge in [0, 0.05) is 0 Å². The van der Waals surface area contributed by atoms with Crippen molar-refractivity contribution in [3.8, 4) is 0 Å². The van der Waals surface area contributed by atoms with Crippen LogP contribution in [-0.2, 0) is 0 Å². The summed E-state index contributed by atoms with van der Waals surface area (Å²) < 4.78 is 0. The molecule has 1 aliphatic rings. The summed E-state index contributed by atoms with van der Waals surface area (Å²) in [6.07, 6.45) is 7.85. The van der Waals surface area contributed by atoms with Crippen LogP contribution in [0, 0.1) is 11.8 Å². The van der Waals surface area contributed by atoms with Crippen molar-refractivity contribution >= 4 is 0 Å². The molecule has 0 radical (unpaired) electrons. The molecule has 0 bridgehead atoms. The third-order valence-electron chi connectivity index (χ3n) is 1.43. The first-order valence-electron chi connectivity index (χ1n) is 3.52. The zero-order valence-electron chi connectivity index (χ0n) is 6.76. The number of hydrogen-bond donors (Lipinski definition) is 0. The first-order valence-corrected chi connectivity index (χ1v) is 3.52. The van der Waals surface area contributed by atoms with Crippen molar-refractivity contribution in [2.75, 3.05) is 0 Å². The highest BCUT2D eigenvalue weighted by atomic mass is 14.9. The van der Waals surface area contributed by atoms with Crippen LogP contribution >= 0.6 is 0 Å². The maximum Gasteiger partial charge on any atom is -0.0686 e. The summed E-state index contributed by atoms with van der Waals surface area (Å²) >= 11 is 0.